The maximum absolute atomic E-state index is 13.0. The molecule has 0 N–H and O–H groups in total. The topological polar surface area (TPSA) is 95.8 Å². The zero-order valence-electron chi connectivity index (χ0n) is 13.5. The van der Waals surface area contributed by atoms with Crippen molar-refractivity contribution in [1.29, 1.82) is 0 Å². The Hall–Kier alpha value is -3.81. The molecule has 0 aliphatic rings. The zero-order chi connectivity index (χ0) is 18.1. The van der Waals surface area contributed by atoms with Gasteiger partial charge in [0.2, 0.25) is 0 Å². The van der Waals surface area contributed by atoms with Crippen molar-refractivity contribution in [3.05, 3.63) is 93.3 Å². The molecule has 0 aliphatic heterocycles. The van der Waals surface area contributed by atoms with Gasteiger partial charge in [0.25, 0.3) is 5.69 Å². The van der Waals surface area contributed by atoms with Crippen LogP contribution in [0, 0.1) is 10.1 Å². The van der Waals surface area contributed by atoms with E-state index < -0.39 is 4.92 Å². The van der Waals surface area contributed by atoms with E-state index in [0.717, 1.165) is 5.56 Å². The predicted molar refractivity (Wildman–Crippen MR) is 95.3 cm³/mol. The van der Waals surface area contributed by atoms with Crippen LogP contribution in [-0.2, 0) is 6.54 Å². The molecule has 0 saturated heterocycles. The minimum absolute atomic E-state index is 0.0321. The van der Waals surface area contributed by atoms with Crippen LogP contribution in [-0.4, -0.2) is 24.0 Å². The molecule has 8 heteroatoms. The lowest BCUT2D eigenvalue weighted by Crippen LogP contribution is -2.23. The molecule has 26 heavy (non-hydrogen) atoms. The molecule has 0 aliphatic carbocycles. The Kier molecular flexibility index (Phi) is 3.77. The molecular formula is C18H13N5O3. The summed E-state index contributed by atoms with van der Waals surface area (Å²) in [6.07, 6.45) is 4.96. The average molecular weight is 347 g/mol. The summed E-state index contributed by atoms with van der Waals surface area (Å²) in [6.45, 7) is 0.379. The van der Waals surface area contributed by atoms with Crippen LogP contribution in [0.15, 0.2) is 71.9 Å². The number of nitrogens with zero attached hydrogens (tertiary/aromatic N) is 5. The lowest BCUT2D eigenvalue weighted by molar-refractivity contribution is -0.384. The molecule has 3 aromatic heterocycles. The second kappa shape index (κ2) is 6.25. The van der Waals surface area contributed by atoms with Gasteiger partial charge in [0.1, 0.15) is 0 Å². The third-order valence-electron chi connectivity index (χ3n) is 4.10. The fourth-order valence-corrected chi connectivity index (χ4v) is 2.87. The number of nitro benzene ring substituents is 1. The molecule has 1 aromatic carbocycles. The number of rotatable bonds is 4. The molecular weight excluding hydrogens is 334 g/mol. The Morgan fingerprint density at radius 3 is 2.42 bits per heavy atom. The maximum Gasteiger partial charge on any atom is 0.335 e. The third kappa shape index (κ3) is 2.63. The Morgan fingerprint density at radius 2 is 1.73 bits per heavy atom. The first-order chi connectivity index (χ1) is 12.6. The predicted octanol–water partition coefficient (Wildman–Crippen LogP) is 2.54. The lowest BCUT2D eigenvalue weighted by Gasteiger charge is -2.03. The van der Waals surface area contributed by atoms with E-state index in [2.05, 4.69) is 9.97 Å². The fourth-order valence-electron chi connectivity index (χ4n) is 2.87. The summed E-state index contributed by atoms with van der Waals surface area (Å²) >= 11 is 0. The number of pyridine rings is 2. The molecule has 0 atom stereocenters. The van der Waals surface area contributed by atoms with Crippen molar-refractivity contribution in [2.75, 3.05) is 0 Å². The Morgan fingerprint density at radius 1 is 1.00 bits per heavy atom. The van der Waals surface area contributed by atoms with E-state index in [4.69, 9.17) is 0 Å². The quantitative estimate of drug-likeness (QED) is 0.417. The Labute approximate surface area is 147 Å². The lowest BCUT2D eigenvalue weighted by atomic mass is 10.2. The molecule has 4 rings (SSSR count). The summed E-state index contributed by atoms with van der Waals surface area (Å²) in [5.41, 5.74) is 2.36. The molecule has 0 bridgehead atoms. The van der Waals surface area contributed by atoms with Crippen LogP contribution in [0.1, 0.15) is 5.56 Å². The van der Waals surface area contributed by atoms with Crippen LogP contribution in [0.4, 0.5) is 5.69 Å². The maximum atomic E-state index is 13.0. The van der Waals surface area contributed by atoms with E-state index in [1.807, 2.05) is 18.2 Å². The van der Waals surface area contributed by atoms with Gasteiger partial charge in [-0.3, -0.25) is 19.7 Å². The van der Waals surface area contributed by atoms with Crippen molar-refractivity contribution in [3.8, 4) is 5.69 Å². The van der Waals surface area contributed by atoms with Crippen molar-refractivity contribution in [2.45, 2.75) is 6.54 Å². The van der Waals surface area contributed by atoms with Crippen LogP contribution in [0.25, 0.3) is 16.9 Å². The van der Waals surface area contributed by atoms with E-state index in [0.29, 0.717) is 23.4 Å². The van der Waals surface area contributed by atoms with Crippen molar-refractivity contribution < 1.29 is 4.92 Å². The summed E-state index contributed by atoms with van der Waals surface area (Å²) in [5.74, 6) is 0. The van der Waals surface area contributed by atoms with Crippen LogP contribution >= 0.6 is 0 Å². The number of fused-ring (bicyclic) bond motifs is 1. The zero-order valence-corrected chi connectivity index (χ0v) is 13.5. The largest absolute Gasteiger partial charge is 0.335 e. The monoisotopic (exact) mass is 347 g/mol. The van der Waals surface area contributed by atoms with Gasteiger partial charge >= 0.3 is 5.69 Å². The molecule has 8 nitrogen and oxygen atoms in total. The Balaban J connectivity index is 1.89. The summed E-state index contributed by atoms with van der Waals surface area (Å²) in [5, 5.41) is 10.9. The van der Waals surface area contributed by atoms with E-state index in [1.165, 1.54) is 16.7 Å². The normalized spacial score (nSPS) is 10.9. The third-order valence-corrected chi connectivity index (χ3v) is 4.10. The first-order valence-electron chi connectivity index (χ1n) is 7.85. The first-order valence-corrected chi connectivity index (χ1v) is 7.85. The number of nitro groups is 1. The van der Waals surface area contributed by atoms with Gasteiger partial charge in [-0.1, -0.05) is 0 Å². The molecule has 0 unspecified atom stereocenters. The van der Waals surface area contributed by atoms with Gasteiger partial charge in [0.05, 0.1) is 22.7 Å². The highest BCUT2D eigenvalue weighted by molar-refractivity contribution is 5.74. The highest BCUT2D eigenvalue weighted by atomic mass is 16.6. The number of benzene rings is 1. The molecule has 128 valence electrons. The summed E-state index contributed by atoms with van der Waals surface area (Å²) < 4.78 is 3.08. The first kappa shape index (κ1) is 15.7. The number of hydrogen-bond acceptors (Lipinski definition) is 5. The smallest absolute Gasteiger partial charge is 0.286 e. The van der Waals surface area contributed by atoms with E-state index in [-0.39, 0.29) is 11.4 Å². The van der Waals surface area contributed by atoms with Crippen LogP contribution in [0.2, 0.25) is 0 Å². The number of hydrogen-bond donors (Lipinski definition) is 0. The molecule has 0 fully saturated rings. The molecule has 0 amide bonds. The summed E-state index contributed by atoms with van der Waals surface area (Å²) in [7, 11) is 0. The second-order valence-corrected chi connectivity index (χ2v) is 5.68. The van der Waals surface area contributed by atoms with Crippen molar-refractivity contribution in [2.24, 2.45) is 0 Å². The molecule has 4 aromatic rings. The van der Waals surface area contributed by atoms with Crippen molar-refractivity contribution in [1.82, 2.24) is 19.1 Å². The molecule has 0 radical (unpaired) electrons. The average Bonchev–Trinajstić information content (AvgIpc) is 2.95. The van der Waals surface area contributed by atoms with E-state index in [1.54, 1.807) is 41.4 Å². The van der Waals surface area contributed by atoms with Crippen LogP contribution in [0.5, 0.6) is 0 Å². The van der Waals surface area contributed by atoms with Gasteiger partial charge in [-0.25, -0.2) is 14.3 Å². The Bertz CT molecular complexity index is 1150. The van der Waals surface area contributed by atoms with E-state index >= 15 is 0 Å². The fraction of sp³-hybridized carbons (Fsp3) is 0.0556. The molecule has 3 heterocycles. The molecule has 0 saturated carbocycles. The number of non-ortho nitro benzene ring substituents is 1. The van der Waals surface area contributed by atoms with Gasteiger partial charge in [-0.05, 0) is 42.0 Å². The van der Waals surface area contributed by atoms with Gasteiger partial charge in [0.15, 0.2) is 5.65 Å². The minimum Gasteiger partial charge on any atom is -0.286 e. The number of imidazole rings is 1. The van der Waals surface area contributed by atoms with Gasteiger partial charge in [-0.2, -0.15) is 0 Å². The SMILES string of the molecule is O=c1n(Cc2ccncc2)c2cccnc2n1-c1ccc([N+](=O)[O-])cc1. The number of aromatic nitrogens is 4. The standard InChI is InChI=1S/C18H13N5O3/c24-18-21(12-13-7-10-19-11-8-13)16-2-1-9-20-17(16)22(18)14-3-5-15(6-4-14)23(25)26/h1-11H,12H2. The van der Waals surface area contributed by atoms with Crippen molar-refractivity contribution in [3.63, 3.8) is 0 Å². The molecule has 0 spiro atoms. The van der Waals surface area contributed by atoms with Crippen molar-refractivity contribution >= 4 is 16.9 Å². The van der Waals surface area contributed by atoms with Gasteiger partial charge in [0, 0.05) is 30.7 Å². The van der Waals surface area contributed by atoms with Crippen LogP contribution in [0.3, 0.4) is 0 Å². The van der Waals surface area contributed by atoms with Gasteiger partial charge in [-0.15, -0.1) is 0 Å². The van der Waals surface area contributed by atoms with Crippen LogP contribution < -0.4 is 5.69 Å². The second-order valence-electron chi connectivity index (χ2n) is 5.68. The summed E-state index contributed by atoms with van der Waals surface area (Å²) in [4.78, 5) is 31.7. The summed E-state index contributed by atoms with van der Waals surface area (Å²) in [6, 6.07) is 13.1. The highest BCUT2D eigenvalue weighted by Gasteiger charge is 2.16. The highest BCUT2D eigenvalue weighted by Crippen LogP contribution is 2.19. The van der Waals surface area contributed by atoms with Gasteiger partial charge < -0.3 is 0 Å². The van der Waals surface area contributed by atoms with E-state index in [9.17, 15) is 14.9 Å². The minimum atomic E-state index is -0.475.